The fraction of sp³-hybridized carbons (Fsp3) is 0.474. The number of thiazole rings is 1. The van der Waals surface area contributed by atoms with E-state index in [1.807, 2.05) is 18.6 Å². The molecule has 3 rings (SSSR count). The van der Waals surface area contributed by atoms with Gasteiger partial charge in [-0.2, -0.15) is 13.2 Å². The number of rotatable bonds is 7. The van der Waals surface area contributed by atoms with Crippen LogP contribution in [0.3, 0.4) is 0 Å². The molecule has 8 nitrogen and oxygen atoms in total. The zero-order valence-electron chi connectivity index (χ0n) is 17.3. The SMILES string of the molecule is CC1CN(Cc2csc(NC(=O)CNS(=O)(=O)c3cccc(C(F)(F)F)c3)n2)CC(C)O1. The minimum Gasteiger partial charge on any atom is -0.373 e. The van der Waals surface area contributed by atoms with Crippen molar-refractivity contribution in [1.29, 1.82) is 0 Å². The highest BCUT2D eigenvalue weighted by Gasteiger charge is 2.31. The van der Waals surface area contributed by atoms with Crippen molar-refractivity contribution in [3.05, 3.63) is 40.9 Å². The topological polar surface area (TPSA) is 101 Å². The van der Waals surface area contributed by atoms with Crippen LogP contribution in [0.4, 0.5) is 18.3 Å². The highest BCUT2D eigenvalue weighted by Crippen LogP contribution is 2.30. The highest BCUT2D eigenvalue weighted by atomic mass is 32.2. The Labute approximate surface area is 187 Å². The summed E-state index contributed by atoms with van der Waals surface area (Å²) in [6.07, 6.45) is -4.45. The van der Waals surface area contributed by atoms with Crippen LogP contribution in [0.1, 0.15) is 25.1 Å². The van der Waals surface area contributed by atoms with Gasteiger partial charge >= 0.3 is 6.18 Å². The van der Waals surface area contributed by atoms with Crippen molar-refractivity contribution < 1.29 is 31.1 Å². The predicted octanol–water partition coefficient (Wildman–Crippen LogP) is 2.69. The molecular formula is C19H23F3N4O4S2. The van der Waals surface area contributed by atoms with Gasteiger partial charge in [0.15, 0.2) is 5.13 Å². The van der Waals surface area contributed by atoms with Gasteiger partial charge in [-0.05, 0) is 32.0 Å². The molecule has 1 amide bonds. The van der Waals surface area contributed by atoms with E-state index in [0.717, 1.165) is 37.0 Å². The number of alkyl halides is 3. The second kappa shape index (κ2) is 9.83. The third-order valence-electron chi connectivity index (χ3n) is 4.57. The molecule has 0 bridgehead atoms. The monoisotopic (exact) mass is 492 g/mol. The Kier molecular flexibility index (Phi) is 7.55. The Hall–Kier alpha value is -2.06. The number of amides is 1. The maximum Gasteiger partial charge on any atom is 0.416 e. The van der Waals surface area contributed by atoms with E-state index in [4.69, 9.17) is 4.74 Å². The largest absolute Gasteiger partial charge is 0.416 e. The molecule has 1 fully saturated rings. The maximum absolute atomic E-state index is 12.8. The molecule has 1 saturated heterocycles. The second-order valence-electron chi connectivity index (χ2n) is 7.49. The molecule has 13 heteroatoms. The number of aromatic nitrogens is 1. The van der Waals surface area contributed by atoms with Crippen molar-refractivity contribution in [2.75, 3.05) is 25.0 Å². The Balaban J connectivity index is 1.54. The summed E-state index contributed by atoms with van der Waals surface area (Å²) in [5.74, 6) is -0.685. The minimum absolute atomic E-state index is 0.112. The minimum atomic E-state index is -4.68. The molecule has 2 unspecified atom stereocenters. The van der Waals surface area contributed by atoms with Gasteiger partial charge in [0.1, 0.15) is 0 Å². The first-order chi connectivity index (χ1) is 14.9. The molecule has 1 aromatic heterocycles. The molecule has 1 aromatic carbocycles. The maximum atomic E-state index is 12.8. The van der Waals surface area contributed by atoms with E-state index in [0.29, 0.717) is 17.7 Å². The first-order valence-corrected chi connectivity index (χ1v) is 12.1. The quantitative estimate of drug-likeness (QED) is 0.617. The molecule has 1 aliphatic heterocycles. The normalized spacial score (nSPS) is 20.3. The Morgan fingerprint density at radius 3 is 2.62 bits per heavy atom. The molecule has 176 valence electrons. The molecule has 2 N–H and O–H groups in total. The number of carbonyl (C=O) groups is 1. The number of halogens is 3. The second-order valence-corrected chi connectivity index (χ2v) is 10.1. The molecule has 2 aromatic rings. The highest BCUT2D eigenvalue weighted by molar-refractivity contribution is 7.89. The van der Waals surface area contributed by atoms with Gasteiger partial charge in [-0.25, -0.2) is 18.1 Å². The summed E-state index contributed by atoms with van der Waals surface area (Å²) < 4.78 is 70.6. The van der Waals surface area contributed by atoms with E-state index in [2.05, 4.69) is 15.2 Å². The van der Waals surface area contributed by atoms with Gasteiger partial charge in [0.2, 0.25) is 15.9 Å². The number of hydrogen-bond donors (Lipinski definition) is 2. The van der Waals surface area contributed by atoms with Gasteiger partial charge in [0.05, 0.1) is 34.9 Å². The van der Waals surface area contributed by atoms with E-state index in [1.165, 1.54) is 11.3 Å². The van der Waals surface area contributed by atoms with Crippen molar-refractivity contribution in [3.8, 4) is 0 Å². The number of benzene rings is 1. The zero-order valence-corrected chi connectivity index (χ0v) is 19.0. The zero-order chi connectivity index (χ0) is 23.5. The van der Waals surface area contributed by atoms with E-state index in [1.54, 1.807) is 5.38 Å². The van der Waals surface area contributed by atoms with E-state index >= 15 is 0 Å². The standard InChI is InChI=1S/C19H23F3N4O4S2/c1-12-8-26(9-13(2)30-12)10-15-11-31-18(24-15)25-17(27)7-23-32(28,29)16-5-3-4-14(6-16)19(20,21)22/h3-6,11-13,23H,7-10H2,1-2H3,(H,24,25,27). The van der Waals surface area contributed by atoms with Gasteiger partial charge in [0, 0.05) is 25.0 Å². The van der Waals surface area contributed by atoms with E-state index < -0.39 is 39.1 Å². The van der Waals surface area contributed by atoms with Crippen LogP contribution < -0.4 is 10.0 Å². The molecule has 0 aliphatic carbocycles. The molecular weight excluding hydrogens is 469 g/mol. The van der Waals surface area contributed by atoms with Crippen LogP contribution in [0.25, 0.3) is 0 Å². The summed E-state index contributed by atoms with van der Waals surface area (Å²) >= 11 is 1.20. The fourth-order valence-electron chi connectivity index (χ4n) is 3.33. The van der Waals surface area contributed by atoms with Crippen LogP contribution in [-0.4, -0.2) is 56.1 Å². The number of anilines is 1. The average Bonchev–Trinajstić information content (AvgIpc) is 3.12. The lowest BCUT2D eigenvalue weighted by molar-refractivity contribution is -0.137. The van der Waals surface area contributed by atoms with Crippen molar-refractivity contribution >= 4 is 32.4 Å². The lowest BCUT2D eigenvalue weighted by atomic mass is 10.2. The molecule has 1 aliphatic rings. The number of ether oxygens (including phenoxy) is 1. The van der Waals surface area contributed by atoms with Crippen LogP contribution in [0.15, 0.2) is 34.5 Å². The van der Waals surface area contributed by atoms with Gasteiger partial charge in [-0.1, -0.05) is 6.07 Å². The number of carbonyl (C=O) groups excluding carboxylic acids is 1. The smallest absolute Gasteiger partial charge is 0.373 e. The van der Waals surface area contributed by atoms with E-state index in [-0.39, 0.29) is 12.2 Å². The molecule has 32 heavy (non-hydrogen) atoms. The van der Waals surface area contributed by atoms with Crippen molar-refractivity contribution in [1.82, 2.24) is 14.6 Å². The van der Waals surface area contributed by atoms with Gasteiger partial charge in [-0.15, -0.1) is 11.3 Å². The number of sulfonamides is 1. The fourth-order valence-corrected chi connectivity index (χ4v) is 5.07. The lowest BCUT2D eigenvalue weighted by Crippen LogP contribution is -2.44. The molecule has 0 saturated carbocycles. The van der Waals surface area contributed by atoms with Crippen LogP contribution in [0.2, 0.25) is 0 Å². The van der Waals surface area contributed by atoms with Crippen LogP contribution in [-0.2, 0) is 32.3 Å². The summed E-state index contributed by atoms with van der Waals surface area (Å²) in [6.45, 7) is 5.46. The third-order valence-corrected chi connectivity index (χ3v) is 6.78. The number of nitrogens with zero attached hydrogens (tertiary/aromatic N) is 2. The first-order valence-electron chi connectivity index (χ1n) is 9.71. The Bertz CT molecular complexity index is 1050. The number of nitrogens with one attached hydrogen (secondary N) is 2. The molecule has 0 spiro atoms. The lowest BCUT2D eigenvalue weighted by Gasteiger charge is -2.34. The average molecular weight is 493 g/mol. The van der Waals surface area contributed by atoms with Gasteiger partial charge in [0.25, 0.3) is 0 Å². The van der Waals surface area contributed by atoms with Crippen molar-refractivity contribution in [2.24, 2.45) is 0 Å². The number of hydrogen-bond acceptors (Lipinski definition) is 7. The third kappa shape index (κ3) is 6.72. The van der Waals surface area contributed by atoms with Crippen LogP contribution in [0, 0.1) is 0 Å². The number of morpholine rings is 1. The van der Waals surface area contributed by atoms with Gasteiger partial charge in [-0.3, -0.25) is 9.69 Å². The molecule has 2 atom stereocenters. The molecule has 2 heterocycles. The Morgan fingerprint density at radius 2 is 1.97 bits per heavy atom. The van der Waals surface area contributed by atoms with Gasteiger partial charge < -0.3 is 10.1 Å². The summed E-state index contributed by atoms with van der Waals surface area (Å²) in [7, 11) is -4.30. The van der Waals surface area contributed by atoms with Crippen molar-refractivity contribution in [2.45, 2.75) is 43.7 Å². The van der Waals surface area contributed by atoms with E-state index in [9.17, 15) is 26.4 Å². The first kappa shape index (κ1) is 24.6. The summed E-state index contributed by atoms with van der Waals surface area (Å²) in [4.78, 5) is 18.1. The van der Waals surface area contributed by atoms with Crippen molar-refractivity contribution in [3.63, 3.8) is 0 Å². The summed E-state index contributed by atoms with van der Waals surface area (Å²) in [6, 6.07) is 3.30. The summed E-state index contributed by atoms with van der Waals surface area (Å²) in [5.41, 5.74) is -0.333. The van der Waals surface area contributed by atoms with Crippen LogP contribution in [0.5, 0.6) is 0 Å². The Morgan fingerprint density at radius 1 is 1.28 bits per heavy atom. The summed E-state index contributed by atoms with van der Waals surface area (Å²) in [5, 5.41) is 4.60. The van der Waals surface area contributed by atoms with Crippen LogP contribution >= 0.6 is 11.3 Å². The predicted molar refractivity (Wildman–Crippen MR) is 113 cm³/mol. The molecule has 0 radical (unpaired) electrons.